The van der Waals surface area contributed by atoms with Gasteiger partial charge in [-0.3, -0.25) is 22.0 Å². The highest BCUT2D eigenvalue weighted by Crippen LogP contribution is 2.44. The van der Waals surface area contributed by atoms with Crippen LogP contribution >= 0.6 is 11.3 Å². The van der Waals surface area contributed by atoms with Crippen molar-refractivity contribution in [3.8, 4) is 55.6 Å². The topological polar surface area (TPSA) is 124 Å². The van der Waals surface area contributed by atoms with Crippen LogP contribution in [0.4, 0.5) is 0 Å². The molecule has 12 aromatic heterocycles. The Hall–Kier alpha value is -16.9. The minimum absolute atomic E-state index is 0.0476. The fraction of sp³-hybridized carbons (Fsp3) is 0.157. The number of nitrogens with zero attached hydrogens (tertiary/aromatic N) is 15. The predicted molar refractivity (Wildman–Crippen MR) is 603 cm³/mol. The van der Waals surface area contributed by atoms with Crippen LogP contribution in [0, 0.1) is 0 Å². The van der Waals surface area contributed by atoms with Crippen molar-refractivity contribution >= 4 is 193 Å². The molecule has 0 amide bonds. The second-order valence-corrected chi connectivity index (χ2v) is 44.0. The van der Waals surface area contributed by atoms with Gasteiger partial charge in [0.05, 0.1) is 110 Å². The van der Waals surface area contributed by atoms with Gasteiger partial charge in [0.2, 0.25) is 28.9 Å². The Kier molecular flexibility index (Phi) is 20.5. The first kappa shape index (κ1) is 88.5. The van der Waals surface area contributed by atoms with Crippen molar-refractivity contribution in [3.05, 3.63) is 388 Å². The molecule has 0 radical (unpaired) electrons. The Morgan fingerprint density at radius 2 is 0.486 bits per heavy atom. The maximum Gasteiger partial charge on any atom is 0.216 e. The van der Waals surface area contributed by atoms with E-state index < -0.39 is 0 Å². The van der Waals surface area contributed by atoms with Crippen molar-refractivity contribution < 1.29 is 4.42 Å². The van der Waals surface area contributed by atoms with E-state index in [1.807, 2.05) is 35.6 Å². The van der Waals surface area contributed by atoms with Crippen molar-refractivity contribution in [2.24, 2.45) is 0 Å². The highest BCUT2D eigenvalue weighted by Gasteiger charge is 2.31. The molecule has 29 rings (SSSR count). The second-order valence-electron chi connectivity index (χ2n) is 42.9. The summed E-state index contributed by atoms with van der Waals surface area (Å²) in [6.07, 6.45) is 0. The molecule has 0 aliphatic rings. The zero-order valence-electron chi connectivity index (χ0n) is 83.5. The number of benzene rings is 17. The van der Waals surface area contributed by atoms with Gasteiger partial charge in [-0.1, -0.05) is 237 Å². The molecule has 0 unspecified atom stereocenters. The lowest BCUT2D eigenvalue weighted by Crippen LogP contribution is -2.21. The second kappa shape index (κ2) is 33.4. The van der Waals surface area contributed by atoms with Crippen LogP contribution in [-0.2, 0) is 27.7 Å². The molecule has 0 saturated carbocycles. The summed E-state index contributed by atoms with van der Waals surface area (Å²) in [7, 11) is 0. The van der Waals surface area contributed by atoms with E-state index in [0.717, 1.165) is 117 Å². The average Bonchev–Trinajstić information content (AvgIpc) is 1.57. The van der Waals surface area contributed by atoms with Gasteiger partial charge in [-0.05, 0) is 306 Å². The Labute approximate surface area is 836 Å². The highest BCUT2D eigenvalue weighted by atomic mass is 32.1. The van der Waals surface area contributed by atoms with Gasteiger partial charge in [-0.15, -0.1) is 11.3 Å². The molecule has 17 heteroatoms. The third-order valence-corrected chi connectivity index (χ3v) is 29.3. The lowest BCUT2D eigenvalue weighted by atomic mass is 10.0. The highest BCUT2D eigenvalue weighted by molar-refractivity contribution is 7.25. The van der Waals surface area contributed by atoms with Gasteiger partial charge in [0.25, 0.3) is 0 Å². The van der Waals surface area contributed by atoms with E-state index in [1.165, 1.54) is 120 Å². The monoisotopic (exact) mass is 1890 g/mol. The summed E-state index contributed by atoms with van der Waals surface area (Å²) in [5.41, 5.74) is 36.5. The third-order valence-electron chi connectivity index (χ3n) is 28.1. The van der Waals surface area contributed by atoms with E-state index in [0.29, 0.717) is 0 Å². The smallest absolute Gasteiger partial charge is 0.216 e. The molecule has 0 fully saturated rings. The predicted octanol–water partition coefficient (Wildman–Crippen LogP) is 33.6. The summed E-state index contributed by atoms with van der Waals surface area (Å²) in [6, 6.07) is 137. The normalized spacial score (nSPS) is 12.5. The number of fused-ring (bicyclic) bond motifs is 31. The van der Waals surface area contributed by atoms with Gasteiger partial charge < -0.3 is 27.3 Å². The first-order chi connectivity index (χ1) is 69.6. The van der Waals surface area contributed by atoms with E-state index in [4.69, 9.17) is 29.3 Å². The summed E-state index contributed by atoms with van der Waals surface area (Å²) < 4.78 is 31.8. The van der Waals surface area contributed by atoms with Gasteiger partial charge in [0.15, 0.2) is 0 Å². The fourth-order valence-electron chi connectivity index (χ4n) is 22.0. The maximum absolute atomic E-state index is 6.01. The van der Waals surface area contributed by atoms with Crippen molar-refractivity contribution in [1.82, 2.24) is 69.8 Å². The van der Waals surface area contributed by atoms with E-state index in [-0.39, 0.29) is 27.7 Å². The minimum Gasteiger partial charge on any atom is -0.456 e. The molecule has 0 aliphatic heterocycles. The first-order valence-corrected chi connectivity index (χ1v) is 50.5. The van der Waals surface area contributed by atoms with Crippen LogP contribution in [0.15, 0.2) is 393 Å². The van der Waals surface area contributed by atoms with Crippen molar-refractivity contribution in [3.63, 3.8) is 0 Å². The Morgan fingerprint density at radius 3 is 0.924 bits per heavy atom. The first-order valence-electron chi connectivity index (χ1n) is 49.7. The number of rotatable bonds is 5. The van der Waals surface area contributed by atoms with E-state index >= 15 is 0 Å². The van der Waals surface area contributed by atoms with E-state index in [9.17, 15) is 0 Å². The van der Waals surface area contributed by atoms with Crippen LogP contribution in [0.1, 0.15) is 104 Å². The number of aromatic nitrogens is 15. The van der Waals surface area contributed by atoms with Crippen LogP contribution in [0.3, 0.4) is 0 Å². The summed E-state index contributed by atoms with van der Waals surface area (Å²) in [5.74, 6) is 4.97. The quantitative estimate of drug-likeness (QED) is 0.169. The van der Waals surface area contributed by atoms with Crippen LogP contribution in [0.5, 0.6) is 0 Å². The standard InChI is InChI=1S/C29H23N3O.C29H23N3S.3C23H21N3/c2*1-29(2,3)32-25-10-6-5-9-24(25)31-23-14-12-19(17-22(23)30-28(31)32)18-13-15-27-21(16-18)20-8-4-7-11-26(20)33-27;1-23(2,3)26-19-14-8-7-13-18(19)25-20-15-9-12-17(21(20)24-22(25)26)16-10-5-4-6-11-16;1-23(2,3)26-21-12-8-7-11-20(21)25-19-14-13-17(15-18(19)24-22(25)26)16-9-5-4-6-10-16;1-23(2,3)26-20-12-8-7-11-19(20)25-21-15-17(16-9-5-4-6-10-16)13-14-18(21)24-22(25)26/h2*4-17H,1-3H3;3*4-15H,1-3H3. The summed E-state index contributed by atoms with van der Waals surface area (Å²) in [5, 5.41) is 4.95. The molecule has 0 N–H and O–H groups in total. The molecular weight excluding hydrogens is 1780 g/mol. The Morgan fingerprint density at radius 1 is 0.188 bits per heavy atom. The number of thiophene rings is 1. The molecule has 29 aromatic rings. The number of hydrogen-bond acceptors (Lipinski definition) is 7. The zero-order valence-corrected chi connectivity index (χ0v) is 84.3. The fourth-order valence-corrected chi connectivity index (χ4v) is 23.1. The number of para-hydroxylation sites is 12. The molecule has 0 atom stereocenters. The van der Waals surface area contributed by atoms with Gasteiger partial charge in [-0.2, -0.15) is 0 Å². The third kappa shape index (κ3) is 14.7. The van der Waals surface area contributed by atoms with Crippen LogP contribution < -0.4 is 0 Å². The largest absolute Gasteiger partial charge is 0.456 e. The number of furan rings is 1. The summed E-state index contributed by atoms with van der Waals surface area (Å²) >= 11 is 1.86. The maximum atomic E-state index is 6.01. The van der Waals surface area contributed by atoms with E-state index in [1.54, 1.807) is 0 Å². The molecule has 704 valence electrons. The minimum atomic E-state index is -0.0814. The number of imidazole rings is 10. The molecule has 0 spiro atoms. The molecule has 17 aromatic carbocycles. The lowest BCUT2D eigenvalue weighted by molar-refractivity contribution is 0.418. The van der Waals surface area contributed by atoms with Crippen molar-refractivity contribution in [2.75, 3.05) is 0 Å². The van der Waals surface area contributed by atoms with E-state index in [2.05, 4.69) is 513 Å². The molecule has 12 heterocycles. The molecule has 0 bridgehead atoms. The van der Waals surface area contributed by atoms with Crippen LogP contribution in [0.25, 0.3) is 237 Å². The molecular formula is C127H109N15OS. The number of hydrogen-bond donors (Lipinski definition) is 0. The Bertz CT molecular complexity index is 9800. The Balaban J connectivity index is 0.0000000947. The van der Waals surface area contributed by atoms with Gasteiger partial charge in [0, 0.05) is 64.2 Å². The molecule has 16 nitrogen and oxygen atoms in total. The summed E-state index contributed by atoms with van der Waals surface area (Å²) in [6.45, 7) is 33.5. The molecule has 144 heavy (non-hydrogen) atoms. The van der Waals surface area contributed by atoms with Gasteiger partial charge in [0.1, 0.15) is 11.2 Å². The van der Waals surface area contributed by atoms with Crippen molar-refractivity contribution in [2.45, 2.75) is 132 Å². The zero-order chi connectivity index (χ0) is 98.3. The molecule has 0 saturated heterocycles. The van der Waals surface area contributed by atoms with Gasteiger partial charge in [-0.25, -0.2) is 24.9 Å². The average molecular weight is 1890 g/mol. The van der Waals surface area contributed by atoms with Gasteiger partial charge >= 0.3 is 0 Å². The van der Waals surface area contributed by atoms with Crippen LogP contribution in [0.2, 0.25) is 0 Å². The van der Waals surface area contributed by atoms with Crippen molar-refractivity contribution in [1.29, 1.82) is 0 Å². The molecule has 0 aliphatic carbocycles. The lowest BCUT2D eigenvalue weighted by Gasteiger charge is -2.22. The summed E-state index contributed by atoms with van der Waals surface area (Å²) in [4.78, 5) is 25.4. The SMILES string of the molecule is CC(C)(C)n1c2ccccc2n2c3cc(-c4ccccc4)ccc3nc12.CC(C)(C)n1c2ccccc2n2c3ccc(-c4ccc5oc6ccccc6c5c4)cc3nc12.CC(C)(C)n1c2ccccc2n2c3ccc(-c4ccc5sc6ccccc6c5c4)cc3nc12.CC(C)(C)n1c2ccccc2n2c3ccc(-c4ccccc4)cc3nc12.CC(C)(C)n1c2ccccc2n2c3cccc(-c4ccccc4)c3nc12. The van der Waals surface area contributed by atoms with Crippen LogP contribution in [-0.4, -0.2) is 69.8 Å².